The average Bonchev–Trinajstić information content (AvgIpc) is 2.97. The number of anilines is 1. The molecule has 0 aromatic heterocycles. The van der Waals surface area contributed by atoms with Crippen molar-refractivity contribution in [3.05, 3.63) is 64.7 Å². The van der Waals surface area contributed by atoms with Crippen LogP contribution in [0.25, 0.3) is 0 Å². The van der Waals surface area contributed by atoms with Crippen molar-refractivity contribution in [3.8, 4) is 0 Å². The maximum absolute atomic E-state index is 13.3. The fraction of sp³-hybridized carbons (Fsp3) is 0.364. The van der Waals surface area contributed by atoms with Gasteiger partial charge in [-0.15, -0.1) is 0 Å². The molecule has 1 spiro atoms. The van der Waals surface area contributed by atoms with Crippen LogP contribution in [0, 0.1) is 0 Å². The molecule has 0 saturated carbocycles. The predicted octanol–water partition coefficient (Wildman–Crippen LogP) is 3.35. The van der Waals surface area contributed by atoms with Gasteiger partial charge in [-0.2, -0.15) is 0 Å². The second kappa shape index (κ2) is 8.05. The number of hydrogen-bond donors (Lipinski definition) is 1. The van der Waals surface area contributed by atoms with Gasteiger partial charge in [-0.3, -0.25) is 4.79 Å². The number of likely N-dealkylation sites (tertiary alicyclic amines) is 1. The molecule has 0 aliphatic carbocycles. The maximum Gasteiger partial charge on any atom is 0.410 e. The van der Waals surface area contributed by atoms with Crippen molar-refractivity contribution in [1.29, 1.82) is 0 Å². The van der Waals surface area contributed by atoms with E-state index in [0.29, 0.717) is 31.0 Å². The molecular weight excluding hydrogens is 392 g/mol. The summed E-state index contributed by atoms with van der Waals surface area (Å²) < 4.78 is 5.43. The van der Waals surface area contributed by atoms with E-state index in [1.807, 2.05) is 42.5 Å². The summed E-state index contributed by atoms with van der Waals surface area (Å²) in [6.07, 6.45) is 0.580. The predicted molar refractivity (Wildman–Crippen MR) is 110 cm³/mol. The van der Waals surface area contributed by atoms with E-state index >= 15 is 0 Å². The van der Waals surface area contributed by atoms with E-state index < -0.39 is 5.41 Å². The van der Waals surface area contributed by atoms with Gasteiger partial charge in [-0.1, -0.05) is 48.0 Å². The van der Waals surface area contributed by atoms with Crippen molar-refractivity contribution in [2.24, 2.45) is 0 Å². The summed E-state index contributed by atoms with van der Waals surface area (Å²) >= 11 is 6.49. The lowest BCUT2D eigenvalue weighted by atomic mass is 9.73. The first-order valence-electron chi connectivity index (χ1n) is 9.74. The fourth-order valence-corrected chi connectivity index (χ4v) is 4.70. The highest BCUT2D eigenvalue weighted by molar-refractivity contribution is 6.33. The first-order valence-corrected chi connectivity index (χ1v) is 10.1. The molecule has 2 heterocycles. The smallest absolute Gasteiger partial charge is 0.410 e. The molecule has 4 rings (SSSR count). The maximum atomic E-state index is 13.3. The third kappa shape index (κ3) is 3.47. The highest BCUT2D eigenvalue weighted by atomic mass is 35.5. The monoisotopic (exact) mass is 414 g/mol. The standard InChI is InChI=1S/C22H23ClN2O4/c23-17-7-4-8-18-19(17)22(20(27)25(18)13-14-26)9-11-24(12-10-22)21(28)29-15-16-5-2-1-3-6-16/h1-8,26H,9-15H2. The molecule has 0 atom stereocenters. The highest BCUT2D eigenvalue weighted by Gasteiger charge is 2.53. The quantitative estimate of drug-likeness (QED) is 0.832. The third-order valence-corrected chi connectivity index (χ3v) is 6.13. The second-order valence-electron chi connectivity index (χ2n) is 7.42. The van der Waals surface area contributed by atoms with Gasteiger partial charge >= 0.3 is 6.09 Å². The number of rotatable bonds is 4. The summed E-state index contributed by atoms with van der Waals surface area (Å²) in [4.78, 5) is 29.0. The number of carbonyl (C=O) groups excluding carboxylic acids is 2. The van der Waals surface area contributed by atoms with E-state index in [9.17, 15) is 14.7 Å². The van der Waals surface area contributed by atoms with Gasteiger partial charge < -0.3 is 19.6 Å². The molecule has 1 N–H and O–H groups in total. The molecular formula is C22H23ClN2O4. The van der Waals surface area contributed by atoms with Crippen molar-refractivity contribution in [1.82, 2.24) is 4.90 Å². The largest absolute Gasteiger partial charge is 0.445 e. The Labute approximate surface area is 174 Å². The van der Waals surface area contributed by atoms with Crippen molar-refractivity contribution < 1.29 is 19.4 Å². The summed E-state index contributed by atoms with van der Waals surface area (Å²) in [5, 5.41) is 9.95. The zero-order chi connectivity index (χ0) is 20.4. The number of halogens is 1. The first-order chi connectivity index (χ1) is 14.1. The number of fused-ring (bicyclic) bond motifs is 2. The van der Waals surface area contributed by atoms with Gasteiger partial charge in [0.1, 0.15) is 6.61 Å². The minimum atomic E-state index is -0.751. The van der Waals surface area contributed by atoms with Gasteiger partial charge in [-0.25, -0.2) is 4.79 Å². The van der Waals surface area contributed by atoms with Crippen molar-refractivity contribution in [3.63, 3.8) is 0 Å². The summed E-state index contributed by atoms with van der Waals surface area (Å²) in [6, 6.07) is 15.0. The summed E-state index contributed by atoms with van der Waals surface area (Å²) in [7, 11) is 0. The molecule has 152 valence electrons. The number of benzene rings is 2. The summed E-state index contributed by atoms with van der Waals surface area (Å²) in [5.74, 6) is -0.0491. The van der Waals surface area contributed by atoms with Gasteiger partial charge in [0.15, 0.2) is 0 Å². The van der Waals surface area contributed by atoms with Crippen molar-refractivity contribution >= 4 is 29.3 Å². The lowest BCUT2D eigenvalue weighted by Crippen LogP contribution is -2.50. The minimum Gasteiger partial charge on any atom is -0.445 e. The molecule has 0 radical (unpaired) electrons. The normalized spacial score (nSPS) is 17.5. The Morgan fingerprint density at radius 1 is 1.10 bits per heavy atom. The Morgan fingerprint density at radius 3 is 2.52 bits per heavy atom. The Hall–Kier alpha value is -2.57. The molecule has 1 saturated heterocycles. The molecule has 1 fully saturated rings. The Balaban J connectivity index is 1.48. The van der Waals surface area contributed by atoms with Crippen LogP contribution < -0.4 is 4.90 Å². The van der Waals surface area contributed by atoms with E-state index in [-0.39, 0.29) is 31.8 Å². The number of carbonyl (C=O) groups is 2. The zero-order valence-electron chi connectivity index (χ0n) is 16.0. The van der Waals surface area contributed by atoms with Crippen LogP contribution in [-0.2, 0) is 21.6 Å². The van der Waals surface area contributed by atoms with Gasteiger partial charge in [0.25, 0.3) is 0 Å². The summed E-state index contributed by atoms with van der Waals surface area (Å²) in [5.41, 5.74) is 1.76. The molecule has 2 amide bonds. The Morgan fingerprint density at radius 2 is 1.83 bits per heavy atom. The van der Waals surface area contributed by atoms with Crippen LogP contribution in [0.3, 0.4) is 0 Å². The molecule has 2 aliphatic heterocycles. The molecule has 7 heteroatoms. The Bertz CT molecular complexity index is 910. The van der Waals surface area contributed by atoms with E-state index in [1.165, 1.54) is 0 Å². The number of nitrogens with zero attached hydrogens (tertiary/aromatic N) is 2. The number of ether oxygens (including phenoxy) is 1. The number of hydrogen-bond acceptors (Lipinski definition) is 4. The van der Waals surface area contributed by atoms with Gasteiger partial charge in [0.2, 0.25) is 5.91 Å². The highest BCUT2D eigenvalue weighted by Crippen LogP contribution is 2.50. The lowest BCUT2D eigenvalue weighted by molar-refractivity contribution is -0.124. The number of aliphatic hydroxyl groups excluding tert-OH is 1. The van der Waals surface area contributed by atoms with Crippen molar-refractivity contribution in [2.75, 3.05) is 31.1 Å². The number of aliphatic hydroxyl groups is 1. The molecule has 6 nitrogen and oxygen atoms in total. The zero-order valence-corrected chi connectivity index (χ0v) is 16.8. The molecule has 2 aliphatic rings. The molecule has 2 aromatic rings. The number of β-amino-alcohol motifs (C(OH)–C–C–N with tert-alkyl or cyclic N) is 1. The number of amides is 2. The first kappa shape index (κ1) is 19.7. The van der Waals surface area contributed by atoms with E-state index in [0.717, 1.165) is 16.8 Å². The fourth-order valence-electron chi connectivity index (χ4n) is 4.35. The van der Waals surface area contributed by atoms with Crippen LogP contribution in [0.1, 0.15) is 24.0 Å². The number of piperidine rings is 1. The van der Waals surface area contributed by atoms with Gasteiger partial charge in [-0.05, 0) is 30.5 Å². The van der Waals surface area contributed by atoms with E-state index in [2.05, 4.69) is 0 Å². The van der Waals surface area contributed by atoms with E-state index in [1.54, 1.807) is 15.9 Å². The minimum absolute atomic E-state index is 0.0491. The van der Waals surface area contributed by atoms with Crippen molar-refractivity contribution in [2.45, 2.75) is 24.9 Å². The van der Waals surface area contributed by atoms with E-state index in [4.69, 9.17) is 16.3 Å². The molecule has 2 aromatic carbocycles. The van der Waals surface area contributed by atoms with Crippen LogP contribution in [0.4, 0.5) is 10.5 Å². The van der Waals surface area contributed by atoms with Crippen LogP contribution in [-0.4, -0.2) is 48.2 Å². The van der Waals surface area contributed by atoms with Gasteiger partial charge in [0, 0.05) is 35.9 Å². The molecule has 0 bridgehead atoms. The summed E-state index contributed by atoms with van der Waals surface area (Å²) in [6.45, 7) is 1.16. The average molecular weight is 415 g/mol. The lowest BCUT2D eigenvalue weighted by Gasteiger charge is -2.38. The third-order valence-electron chi connectivity index (χ3n) is 5.82. The van der Waals surface area contributed by atoms with Crippen LogP contribution in [0.2, 0.25) is 5.02 Å². The molecule has 29 heavy (non-hydrogen) atoms. The second-order valence-corrected chi connectivity index (χ2v) is 7.83. The SMILES string of the molecule is O=C(OCc1ccccc1)N1CCC2(CC1)C(=O)N(CCO)c1cccc(Cl)c12. The van der Waals surface area contributed by atoms with Crippen LogP contribution in [0.5, 0.6) is 0 Å². The topological polar surface area (TPSA) is 70.1 Å². The Kier molecular flexibility index (Phi) is 5.48. The van der Waals surface area contributed by atoms with Gasteiger partial charge in [0.05, 0.1) is 12.0 Å². The molecule has 0 unspecified atom stereocenters. The van der Waals surface area contributed by atoms with Crippen LogP contribution >= 0.6 is 11.6 Å². The van der Waals surface area contributed by atoms with Crippen LogP contribution in [0.15, 0.2) is 48.5 Å².